The van der Waals surface area contributed by atoms with Gasteiger partial charge in [-0.2, -0.15) is 0 Å². The number of hydrogen-bond acceptors (Lipinski definition) is 3. The van der Waals surface area contributed by atoms with E-state index in [4.69, 9.17) is 0 Å². The van der Waals surface area contributed by atoms with Gasteiger partial charge in [-0.1, -0.05) is 19.9 Å². The van der Waals surface area contributed by atoms with Crippen molar-refractivity contribution >= 4 is 0 Å². The Balaban J connectivity index is 2.00. The second-order valence-corrected chi connectivity index (χ2v) is 5.85. The third-order valence-corrected chi connectivity index (χ3v) is 3.89. The molecule has 1 N–H and O–H groups in total. The van der Waals surface area contributed by atoms with Gasteiger partial charge in [-0.25, -0.2) is 0 Å². The molecule has 1 saturated heterocycles. The Morgan fingerprint density at radius 2 is 2.22 bits per heavy atom. The average molecular weight is 247 g/mol. The van der Waals surface area contributed by atoms with Crippen molar-refractivity contribution in [1.82, 2.24) is 15.2 Å². The Labute approximate surface area is 111 Å². The van der Waals surface area contributed by atoms with Gasteiger partial charge in [0, 0.05) is 43.6 Å². The van der Waals surface area contributed by atoms with Crippen LogP contribution in [0, 0.1) is 12.8 Å². The summed E-state index contributed by atoms with van der Waals surface area (Å²) in [7, 11) is 0. The number of nitrogens with one attached hydrogen (secondary N) is 1. The summed E-state index contributed by atoms with van der Waals surface area (Å²) in [4.78, 5) is 6.94. The van der Waals surface area contributed by atoms with E-state index < -0.39 is 0 Å². The third kappa shape index (κ3) is 3.30. The molecule has 2 unspecified atom stereocenters. The molecule has 18 heavy (non-hydrogen) atoms. The lowest BCUT2D eigenvalue weighted by molar-refractivity contribution is 0.116. The fraction of sp³-hybridized carbons (Fsp3) is 0.667. The van der Waals surface area contributed by atoms with Crippen molar-refractivity contribution in [2.75, 3.05) is 13.1 Å². The Morgan fingerprint density at radius 3 is 2.83 bits per heavy atom. The van der Waals surface area contributed by atoms with E-state index >= 15 is 0 Å². The molecule has 100 valence electrons. The first-order chi connectivity index (χ1) is 8.56. The fourth-order valence-electron chi connectivity index (χ4n) is 2.44. The SMILES string of the molecule is Cc1ccc(CN2CC(C(C)C)NCC2C)cn1. The topological polar surface area (TPSA) is 28.2 Å². The molecule has 0 spiro atoms. The minimum absolute atomic E-state index is 0.598. The van der Waals surface area contributed by atoms with Crippen LogP contribution in [0.25, 0.3) is 0 Å². The molecule has 2 atom stereocenters. The lowest BCUT2D eigenvalue weighted by Gasteiger charge is -2.40. The van der Waals surface area contributed by atoms with Crippen LogP contribution < -0.4 is 5.32 Å². The van der Waals surface area contributed by atoms with Gasteiger partial charge in [0.05, 0.1) is 0 Å². The highest BCUT2D eigenvalue weighted by Gasteiger charge is 2.26. The number of nitrogens with zero attached hydrogens (tertiary/aromatic N) is 2. The standard InChI is InChI=1S/C15H25N3/c1-11(2)15-10-18(13(4)7-17-15)9-14-6-5-12(3)16-8-14/h5-6,8,11,13,15,17H,7,9-10H2,1-4H3. The summed E-state index contributed by atoms with van der Waals surface area (Å²) in [6.45, 7) is 12.1. The van der Waals surface area contributed by atoms with Gasteiger partial charge in [-0.05, 0) is 31.4 Å². The fourth-order valence-corrected chi connectivity index (χ4v) is 2.44. The van der Waals surface area contributed by atoms with E-state index in [1.54, 1.807) is 0 Å². The molecule has 2 rings (SSSR count). The number of rotatable bonds is 3. The lowest BCUT2D eigenvalue weighted by atomic mass is 9.99. The van der Waals surface area contributed by atoms with Gasteiger partial charge < -0.3 is 5.32 Å². The molecule has 1 aromatic rings. The molecule has 2 heterocycles. The molecule has 0 bridgehead atoms. The molecular formula is C15H25N3. The normalized spacial score (nSPS) is 25.6. The Bertz CT molecular complexity index is 372. The summed E-state index contributed by atoms with van der Waals surface area (Å²) in [6.07, 6.45) is 2.01. The van der Waals surface area contributed by atoms with Gasteiger partial charge in [0.25, 0.3) is 0 Å². The molecular weight excluding hydrogens is 222 g/mol. The number of aromatic nitrogens is 1. The summed E-state index contributed by atoms with van der Waals surface area (Å²) in [5.41, 5.74) is 2.41. The van der Waals surface area contributed by atoms with Crippen LogP contribution in [-0.4, -0.2) is 35.1 Å². The highest BCUT2D eigenvalue weighted by molar-refractivity contribution is 5.13. The van der Waals surface area contributed by atoms with E-state index in [1.165, 1.54) is 5.56 Å². The minimum Gasteiger partial charge on any atom is -0.311 e. The molecule has 1 aliphatic heterocycles. The van der Waals surface area contributed by atoms with E-state index in [9.17, 15) is 0 Å². The second-order valence-electron chi connectivity index (χ2n) is 5.85. The Kier molecular flexibility index (Phi) is 4.36. The molecule has 0 aliphatic carbocycles. The molecule has 3 heteroatoms. The zero-order valence-electron chi connectivity index (χ0n) is 12.0. The van der Waals surface area contributed by atoms with Gasteiger partial charge >= 0.3 is 0 Å². The molecule has 1 fully saturated rings. The van der Waals surface area contributed by atoms with Crippen molar-refractivity contribution < 1.29 is 0 Å². The molecule has 1 aromatic heterocycles. The van der Waals surface area contributed by atoms with Gasteiger partial charge in [0.1, 0.15) is 0 Å². The quantitative estimate of drug-likeness (QED) is 0.887. The number of aryl methyl sites for hydroxylation is 1. The van der Waals surface area contributed by atoms with Gasteiger partial charge in [-0.3, -0.25) is 9.88 Å². The van der Waals surface area contributed by atoms with Crippen molar-refractivity contribution in [2.24, 2.45) is 5.92 Å². The van der Waals surface area contributed by atoms with E-state index in [2.05, 4.69) is 48.1 Å². The highest BCUT2D eigenvalue weighted by Crippen LogP contribution is 2.15. The Hall–Kier alpha value is -0.930. The summed E-state index contributed by atoms with van der Waals surface area (Å²) in [5, 5.41) is 3.64. The summed E-state index contributed by atoms with van der Waals surface area (Å²) < 4.78 is 0. The van der Waals surface area contributed by atoms with Crippen LogP contribution >= 0.6 is 0 Å². The van der Waals surface area contributed by atoms with Crippen molar-refractivity contribution in [3.05, 3.63) is 29.6 Å². The predicted octanol–water partition coefficient (Wildman–Crippen LogP) is 2.21. The maximum atomic E-state index is 4.38. The number of pyridine rings is 1. The van der Waals surface area contributed by atoms with Crippen molar-refractivity contribution in [3.8, 4) is 0 Å². The van der Waals surface area contributed by atoms with Crippen LogP contribution in [0.2, 0.25) is 0 Å². The number of piperazine rings is 1. The predicted molar refractivity (Wildman–Crippen MR) is 75.5 cm³/mol. The maximum absolute atomic E-state index is 4.38. The van der Waals surface area contributed by atoms with E-state index in [-0.39, 0.29) is 0 Å². The van der Waals surface area contributed by atoms with Crippen LogP contribution in [0.15, 0.2) is 18.3 Å². The van der Waals surface area contributed by atoms with Gasteiger partial charge in [0.15, 0.2) is 0 Å². The summed E-state index contributed by atoms with van der Waals surface area (Å²) in [6, 6.07) is 5.50. The Morgan fingerprint density at radius 1 is 1.44 bits per heavy atom. The zero-order chi connectivity index (χ0) is 13.1. The van der Waals surface area contributed by atoms with Crippen LogP contribution in [-0.2, 0) is 6.54 Å². The van der Waals surface area contributed by atoms with E-state index in [1.807, 2.05) is 13.1 Å². The molecule has 1 aliphatic rings. The molecule has 0 aromatic carbocycles. The third-order valence-electron chi connectivity index (χ3n) is 3.89. The first-order valence-corrected chi connectivity index (χ1v) is 6.95. The molecule has 0 amide bonds. The van der Waals surface area contributed by atoms with Crippen LogP contribution in [0.3, 0.4) is 0 Å². The summed E-state index contributed by atoms with van der Waals surface area (Å²) in [5.74, 6) is 0.691. The average Bonchev–Trinajstić information content (AvgIpc) is 2.34. The van der Waals surface area contributed by atoms with E-state index in [0.29, 0.717) is 18.0 Å². The molecule has 3 nitrogen and oxygen atoms in total. The van der Waals surface area contributed by atoms with Gasteiger partial charge in [-0.15, -0.1) is 0 Å². The van der Waals surface area contributed by atoms with Crippen LogP contribution in [0.4, 0.5) is 0 Å². The van der Waals surface area contributed by atoms with Crippen molar-refractivity contribution in [3.63, 3.8) is 0 Å². The van der Waals surface area contributed by atoms with Crippen LogP contribution in [0.5, 0.6) is 0 Å². The molecule has 0 saturated carbocycles. The summed E-state index contributed by atoms with van der Waals surface area (Å²) >= 11 is 0. The lowest BCUT2D eigenvalue weighted by Crippen LogP contribution is -2.56. The van der Waals surface area contributed by atoms with Gasteiger partial charge in [0.2, 0.25) is 0 Å². The highest BCUT2D eigenvalue weighted by atomic mass is 15.2. The van der Waals surface area contributed by atoms with Crippen LogP contribution in [0.1, 0.15) is 32.0 Å². The smallest absolute Gasteiger partial charge is 0.0372 e. The first kappa shape index (κ1) is 13.5. The maximum Gasteiger partial charge on any atom is 0.0372 e. The molecule has 0 radical (unpaired) electrons. The monoisotopic (exact) mass is 247 g/mol. The van der Waals surface area contributed by atoms with Crippen molar-refractivity contribution in [2.45, 2.75) is 46.3 Å². The minimum atomic E-state index is 0.598. The van der Waals surface area contributed by atoms with E-state index in [0.717, 1.165) is 25.3 Å². The largest absolute Gasteiger partial charge is 0.311 e. The van der Waals surface area contributed by atoms with Crippen molar-refractivity contribution in [1.29, 1.82) is 0 Å². The first-order valence-electron chi connectivity index (χ1n) is 6.95. The number of hydrogen-bond donors (Lipinski definition) is 1. The zero-order valence-corrected chi connectivity index (χ0v) is 12.0. The second kappa shape index (κ2) is 5.81.